The average molecular weight is 581 g/mol. The van der Waals surface area contributed by atoms with Gasteiger partial charge in [-0.15, -0.1) is 0 Å². The van der Waals surface area contributed by atoms with Gasteiger partial charge in [-0.3, -0.25) is 9.35 Å². The Labute approximate surface area is 241 Å². The lowest BCUT2D eigenvalue weighted by Crippen LogP contribution is -2.35. The first kappa shape index (κ1) is 30.1. The molecule has 0 unspecified atom stereocenters. The van der Waals surface area contributed by atoms with Crippen molar-refractivity contribution < 1.29 is 32.0 Å². The highest BCUT2D eigenvalue weighted by atomic mass is 32.2. The third-order valence-corrected chi connectivity index (χ3v) is 7.88. The molecule has 218 valence electrons. The molecular weight excluding hydrogens is 544 g/mol. The predicted octanol–water partition coefficient (Wildman–Crippen LogP) is 5.22. The van der Waals surface area contributed by atoms with E-state index < -0.39 is 22.0 Å². The van der Waals surface area contributed by atoms with Crippen LogP contribution in [0.2, 0.25) is 0 Å². The van der Waals surface area contributed by atoms with Gasteiger partial charge in [0, 0.05) is 25.2 Å². The maximum atomic E-state index is 13.2. The molecule has 1 heterocycles. The van der Waals surface area contributed by atoms with Crippen molar-refractivity contribution in [2.75, 3.05) is 30.3 Å². The lowest BCUT2D eigenvalue weighted by atomic mass is 9.91. The summed E-state index contributed by atoms with van der Waals surface area (Å²) in [7, 11) is -4.15. The Balaban J connectivity index is 1.34. The number of ether oxygens (including phenoxy) is 2. The van der Waals surface area contributed by atoms with Crippen molar-refractivity contribution in [1.29, 1.82) is 0 Å². The van der Waals surface area contributed by atoms with E-state index in [1.807, 2.05) is 60.4 Å². The highest BCUT2D eigenvalue weighted by Crippen LogP contribution is 2.36. The zero-order valence-corrected chi connectivity index (χ0v) is 24.2. The number of nitrogens with zero attached hydrogens (tertiary/aromatic N) is 1. The van der Waals surface area contributed by atoms with Crippen LogP contribution in [0.3, 0.4) is 0 Å². The molecule has 0 bridgehead atoms. The minimum atomic E-state index is -4.15. The molecule has 3 aromatic carbocycles. The fourth-order valence-corrected chi connectivity index (χ4v) is 5.20. The maximum absolute atomic E-state index is 13.2. The first-order valence-corrected chi connectivity index (χ1v) is 15.3. The van der Waals surface area contributed by atoms with E-state index >= 15 is 0 Å². The molecule has 0 fully saturated rings. The predicted molar refractivity (Wildman–Crippen MR) is 158 cm³/mol. The molecule has 0 radical (unpaired) electrons. The molecule has 41 heavy (non-hydrogen) atoms. The Morgan fingerprint density at radius 3 is 2.54 bits per heavy atom. The number of fused-ring (bicyclic) bond motifs is 1. The van der Waals surface area contributed by atoms with Crippen LogP contribution >= 0.6 is 0 Å². The van der Waals surface area contributed by atoms with Crippen LogP contribution in [0.5, 0.6) is 5.75 Å². The van der Waals surface area contributed by atoms with E-state index in [4.69, 9.17) is 14.0 Å². The summed E-state index contributed by atoms with van der Waals surface area (Å²) in [5, 5.41) is 2.28. The minimum Gasteiger partial charge on any atom is -0.493 e. The summed E-state index contributed by atoms with van der Waals surface area (Å²) in [6, 6.07) is 19.7. The van der Waals surface area contributed by atoms with Gasteiger partial charge in [0.05, 0.1) is 12.4 Å². The van der Waals surface area contributed by atoms with Gasteiger partial charge in [0.2, 0.25) is 5.91 Å². The summed E-state index contributed by atoms with van der Waals surface area (Å²) < 4.78 is 41.3. The van der Waals surface area contributed by atoms with Crippen molar-refractivity contribution in [3.63, 3.8) is 0 Å². The number of benzene rings is 3. The quantitative estimate of drug-likeness (QED) is 0.235. The molecule has 0 saturated heterocycles. The third kappa shape index (κ3) is 8.31. The Hall–Kier alpha value is -3.89. The molecule has 0 atom stereocenters. The number of alkyl carbamates (subject to hydrolysis) is 1. The van der Waals surface area contributed by atoms with Gasteiger partial charge in [-0.2, -0.15) is 8.42 Å². The molecular formula is C31H36N2O7S. The number of carbonyl (C=O) groups is 2. The zero-order valence-electron chi connectivity index (χ0n) is 23.4. The second-order valence-electron chi connectivity index (χ2n) is 10.1. The van der Waals surface area contributed by atoms with Crippen LogP contribution in [0.25, 0.3) is 11.1 Å². The second-order valence-corrected chi connectivity index (χ2v) is 11.7. The number of amides is 2. The van der Waals surface area contributed by atoms with E-state index in [1.165, 1.54) is 5.56 Å². The normalized spacial score (nSPS) is 12.9. The van der Waals surface area contributed by atoms with Crippen LogP contribution in [0.15, 0.2) is 60.7 Å². The Morgan fingerprint density at radius 1 is 1.02 bits per heavy atom. The summed E-state index contributed by atoms with van der Waals surface area (Å²) in [5.41, 5.74) is 7.22. The van der Waals surface area contributed by atoms with Crippen LogP contribution < -0.4 is 15.0 Å². The Morgan fingerprint density at radius 2 is 1.78 bits per heavy atom. The molecule has 9 nitrogen and oxygen atoms in total. The largest absolute Gasteiger partial charge is 0.493 e. The lowest BCUT2D eigenvalue weighted by molar-refractivity contribution is -0.118. The van der Waals surface area contributed by atoms with E-state index in [9.17, 15) is 18.0 Å². The van der Waals surface area contributed by atoms with Crippen molar-refractivity contribution in [1.82, 2.24) is 5.32 Å². The minimum absolute atomic E-state index is 0.0142. The number of carbonyl (C=O) groups excluding carboxylic acids is 2. The van der Waals surface area contributed by atoms with E-state index in [0.29, 0.717) is 26.0 Å². The van der Waals surface area contributed by atoms with Gasteiger partial charge in [0.1, 0.15) is 12.4 Å². The highest BCUT2D eigenvalue weighted by Gasteiger charge is 2.24. The number of hydrogen-bond acceptors (Lipinski definition) is 6. The monoisotopic (exact) mass is 580 g/mol. The van der Waals surface area contributed by atoms with Gasteiger partial charge in [-0.1, -0.05) is 48.5 Å². The van der Waals surface area contributed by atoms with Gasteiger partial charge >= 0.3 is 6.09 Å². The average Bonchev–Trinajstić information content (AvgIpc) is 2.95. The molecule has 4 rings (SSSR count). The van der Waals surface area contributed by atoms with Gasteiger partial charge in [-0.05, 0) is 78.6 Å². The maximum Gasteiger partial charge on any atom is 0.407 e. The second kappa shape index (κ2) is 13.6. The van der Waals surface area contributed by atoms with Gasteiger partial charge in [0.25, 0.3) is 10.1 Å². The molecule has 1 aliphatic rings. The molecule has 0 aliphatic carbocycles. The standard InChI is InChI=1S/C31H36N2O7S/c1-22-7-3-11-29(23(22)2)39-19-6-12-30(34)33-18-5-9-27-26(8-4-10-28(27)33)25-15-13-24(14-16-25)21-40-31(35)32-17-20-41(36,37)38/h3-4,7-8,10-11,13-16H,5-6,9,12,17-21H2,1-2H3,(H,32,35)(H,36,37,38). The summed E-state index contributed by atoms with van der Waals surface area (Å²) in [5.74, 6) is 0.376. The van der Waals surface area contributed by atoms with E-state index in [0.717, 1.165) is 52.1 Å². The van der Waals surface area contributed by atoms with Crippen LogP contribution in [-0.4, -0.2) is 50.4 Å². The first-order valence-electron chi connectivity index (χ1n) is 13.7. The van der Waals surface area contributed by atoms with Crippen molar-refractivity contribution in [3.05, 3.63) is 82.9 Å². The summed E-state index contributed by atoms with van der Waals surface area (Å²) in [4.78, 5) is 26.9. The van der Waals surface area contributed by atoms with Crippen LogP contribution in [0.4, 0.5) is 10.5 Å². The molecule has 3 aromatic rings. The van der Waals surface area contributed by atoms with Gasteiger partial charge in [-0.25, -0.2) is 4.79 Å². The van der Waals surface area contributed by atoms with Gasteiger partial charge < -0.3 is 19.7 Å². The number of rotatable bonds is 11. The lowest BCUT2D eigenvalue weighted by Gasteiger charge is -2.31. The zero-order chi connectivity index (χ0) is 29.4. The van der Waals surface area contributed by atoms with Crippen molar-refractivity contribution in [3.8, 4) is 16.9 Å². The van der Waals surface area contributed by atoms with Gasteiger partial charge in [0.15, 0.2) is 0 Å². The summed E-state index contributed by atoms with van der Waals surface area (Å²) in [6.07, 6.45) is 2.04. The van der Waals surface area contributed by atoms with Crippen molar-refractivity contribution in [2.24, 2.45) is 0 Å². The van der Waals surface area contributed by atoms with E-state index in [2.05, 4.69) is 24.4 Å². The number of aryl methyl sites for hydroxylation is 1. The van der Waals surface area contributed by atoms with Crippen molar-refractivity contribution >= 4 is 27.8 Å². The van der Waals surface area contributed by atoms with Crippen LogP contribution in [-0.2, 0) is 32.7 Å². The molecule has 10 heteroatoms. The van der Waals surface area contributed by atoms with Crippen LogP contribution in [0, 0.1) is 13.8 Å². The summed E-state index contributed by atoms with van der Waals surface area (Å²) in [6.45, 7) is 5.04. The molecule has 1 aliphatic heterocycles. The fraction of sp³-hybridized carbons (Fsp3) is 0.355. The fourth-order valence-electron chi connectivity index (χ4n) is 4.84. The van der Waals surface area contributed by atoms with Crippen LogP contribution in [0.1, 0.15) is 41.5 Å². The van der Waals surface area contributed by atoms with E-state index in [-0.39, 0.29) is 19.1 Å². The summed E-state index contributed by atoms with van der Waals surface area (Å²) >= 11 is 0. The molecule has 2 N–H and O–H groups in total. The number of anilines is 1. The SMILES string of the molecule is Cc1cccc(OCCCC(=O)N2CCCc3c(-c4ccc(COC(=O)NCCS(=O)(=O)O)cc4)cccc32)c1C. The molecule has 0 saturated carbocycles. The highest BCUT2D eigenvalue weighted by molar-refractivity contribution is 7.85. The third-order valence-electron chi connectivity index (χ3n) is 7.16. The smallest absolute Gasteiger partial charge is 0.407 e. The molecule has 2 amide bonds. The topological polar surface area (TPSA) is 122 Å². The molecule has 0 spiro atoms. The number of hydrogen-bond donors (Lipinski definition) is 2. The first-order chi connectivity index (χ1) is 19.6. The molecule has 0 aromatic heterocycles. The Bertz CT molecular complexity index is 1490. The van der Waals surface area contributed by atoms with E-state index in [1.54, 1.807) is 0 Å². The van der Waals surface area contributed by atoms with Crippen molar-refractivity contribution in [2.45, 2.75) is 46.1 Å². The Kier molecular flexibility index (Phi) is 10.0. The number of nitrogens with one attached hydrogen (secondary N) is 1.